The van der Waals surface area contributed by atoms with Gasteiger partial charge in [-0.25, -0.2) is 15.0 Å². The van der Waals surface area contributed by atoms with Crippen LogP contribution in [0.3, 0.4) is 0 Å². The Kier molecular flexibility index (Phi) is 3.92. The van der Waals surface area contributed by atoms with Gasteiger partial charge in [-0.2, -0.15) is 0 Å². The standard InChI is InChI=1S/C14H17N5O2/c1-19-9-15-8-12(19)11-2-5-16-13(18-11)14(20)17-10-3-6-21-7-4-10/h2,5,8-10H,3-4,6-7H2,1H3,(H,17,20). The third-order valence-electron chi connectivity index (χ3n) is 3.49. The highest BCUT2D eigenvalue weighted by molar-refractivity contribution is 5.91. The van der Waals surface area contributed by atoms with Crippen LogP contribution in [0.4, 0.5) is 0 Å². The average molecular weight is 287 g/mol. The minimum Gasteiger partial charge on any atom is -0.381 e. The summed E-state index contributed by atoms with van der Waals surface area (Å²) in [6.45, 7) is 1.36. The second-order valence-corrected chi connectivity index (χ2v) is 5.02. The first-order valence-electron chi connectivity index (χ1n) is 6.92. The van der Waals surface area contributed by atoms with Gasteiger partial charge in [0.2, 0.25) is 5.82 Å². The van der Waals surface area contributed by atoms with E-state index in [4.69, 9.17) is 4.74 Å². The molecule has 0 radical (unpaired) electrons. The van der Waals surface area contributed by atoms with E-state index in [1.54, 1.807) is 24.8 Å². The number of amides is 1. The Morgan fingerprint density at radius 1 is 1.43 bits per heavy atom. The van der Waals surface area contributed by atoms with E-state index in [0.717, 1.165) is 18.5 Å². The van der Waals surface area contributed by atoms with Crippen molar-refractivity contribution in [3.63, 3.8) is 0 Å². The molecule has 0 aromatic carbocycles. The van der Waals surface area contributed by atoms with Gasteiger partial charge >= 0.3 is 0 Å². The molecule has 1 amide bonds. The minimum atomic E-state index is -0.245. The molecule has 0 atom stereocenters. The van der Waals surface area contributed by atoms with Crippen molar-refractivity contribution in [2.75, 3.05) is 13.2 Å². The summed E-state index contributed by atoms with van der Waals surface area (Å²) in [6, 6.07) is 1.90. The van der Waals surface area contributed by atoms with Gasteiger partial charge in [0.05, 0.1) is 23.9 Å². The molecule has 1 aliphatic rings. The lowest BCUT2D eigenvalue weighted by atomic mass is 10.1. The quantitative estimate of drug-likeness (QED) is 0.902. The fraction of sp³-hybridized carbons (Fsp3) is 0.429. The molecule has 1 aliphatic heterocycles. The Balaban J connectivity index is 1.76. The summed E-state index contributed by atoms with van der Waals surface area (Å²) < 4.78 is 7.13. The Bertz CT molecular complexity index is 634. The number of ether oxygens (including phenoxy) is 1. The summed E-state index contributed by atoms with van der Waals surface area (Å²) in [7, 11) is 1.88. The number of carbonyl (C=O) groups is 1. The summed E-state index contributed by atoms with van der Waals surface area (Å²) >= 11 is 0. The van der Waals surface area contributed by atoms with Crippen LogP contribution >= 0.6 is 0 Å². The molecule has 1 saturated heterocycles. The van der Waals surface area contributed by atoms with Gasteiger partial charge in [0.25, 0.3) is 5.91 Å². The summed E-state index contributed by atoms with van der Waals surface area (Å²) in [5.41, 5.74) is 1.53. The van der Waals surface area contributed by atoms with Crippen LogP contribution in [0.25, 0.3) is 11.4 Å². The molecule has 3 heterocycles. The number of carbonyl (C=O) groups excluding carboxylic acids is 1. The van der Waals surface area contributed by atoms with E-state index in [0.29, 0.717) is 18.9 Å². The number of rotatable bonds is 3. The third-order valence-corrected chi connectivity index (χ3v) is 3.49. The monoisotopic (exact) mass is 287 g/mol. The summed E-state index contributed by atoms with van der Waals surface area (Å²) in [4.78, 5) is 24.7. The zero-order valence-corrected chi connectivity index (χ0v) is 11.8. The molecular weight excluding hydrogens is 270 g/mol. The molecule has 0 spiro atoms. The highest BCUT2D eigenvalue weighted by Crippen LogP contribution is 2.15. The molecule has 7 nitrogen and oxygen atoms in total. The fourth-order valence-electron chi connectivity index (χ4n) is 2.31. The zero-order chi connectivity index (χ0) is 14.7. The molecular formula is C14H17N5O2. The molecule has 2 aromatic rings. The molecule has 21 heavy (non-hydrogen) atoms. The third kappa shape index (κ3) is 3.08. The predicted octanol–water partition coefficient (Wildman–Crippen LogP) is 0.786. The van der Waals surface area contributed by atoms with Crippen LogP contribution in [-0.4, -0.2) is 44.7 Å². The van der Waals surface area contributed by atoms with Crippen molar-refractivity contribution in [2.45, 2.75) is 18.9 Å². The maximum Gasteiger partial charge on any atom is 0.289 e. The Morgan fingerprint density at radius 3 is 2.95 bits per heavy atom. The highest BCUT2D eigenvalue weighted by atomic mass is 16.5. The second-order valence-electron chi connectivity index (χ2n) is 5.02. The SMILES string of the molecule is Cn1cncc1-c1ccnc(C(=O)NC2CCOCC2)n1. The first-order valence-corrected chi connectivity index (χ1v) is 6.92. The maximum absolute atomic E-state index is 12.2. The van der Waals surface area contributed by atoms with Crippen LogP contribution in [-0.2, 0) is 11.8 Å². The van der Waals surface area contributed by atoms with E-state index in [2.05, 4.69) is 20.3 Å². The first kappa shape index (κ1) is 13.7. The minimum absolute atomic E-state index is 0.134. The number of nitrogens with one attached hydrogen (secondary N) is 1. The van der Waals surface area contributed by atoms with Crippen LogP contribution in [0.1, 0.15) is 23.5 Å². The molecule has 0 bridgehead atoms. The topological polar surface area (TPSA) is 81.9 Å². The number of aromatic nitrogens is 4. The molecule has 1 N–H and O–H groups in total. The number of hydrogen-bond acceptors (Lipinski definition) is 5. The number of hydrogen-bond donors (Lipinski definition) is 1. The van der Waals surface area contributed by atoms with E-state index >= 15 is 0 Å². The number of aryl methyl sites for hydroxylation is 1. The van der Waals surface area contributed by atoms with Crippen LogP contribution in [0, 0.1) is 0 Å². The van der Waals surface area contributed by atoms with E-state index < -0.39 is 0 Å². The molecule has 7 heteroatoms. The van der Waals surface area contributed by atoms with E-state index in [-0.39, 0.29) is 17.8 Å². The van der Waals surface area contributed by atoms with Crippen molar-refractivity contribution in [1.29, 1.82) is 0 Å². The van der Waals surface area contributed by atoms with Crippen molar-refractivity contribution >= 4 is 5.91 Å². The van der Waals surface area contributed by atoms with Gasteiger partial charge in [-0.3, -0.25) is 4.79 Å². The zero-order valence-electron chi connectivity index (χ0n) is 11.8. The Hall–Kier alpha value is -2.28. The summed E-state index contributed by atoms with van der Waals surface area (Å²) in [6.07, 6.45) is 6.65. The second kappa shape index (κ2) is 6.01. The molecule has 2 aromatic heterocycles. The van der Waals surface area contributed by atoms with Crippen molar-refractivity contribution in [3.05, 3.63) is 30.6 Å². The van der Waals surface area contributed by atoms with Crippen LogP contribution in [0.5, 0.6) is 0 Å². The van der Waals surface area contributed by atoms with E-state index in [1.807, 2.05) is 11.6 Å². The number of nitrogens with zero attached hydrogens (tertiary/aromatic N) is 4. The molecule has 0 aliphatic carbocycles. The van der Waals surface area contributed by atoms with Gasteiger partial charge in [0.1, 0.15) is 0 Å². The highest BCUT2D eigenvalue weighted by Gasteiger charge is 2.19. The maximum atomic E-state index is 12.2. The molecule has 3 rings (SSSR count). The summed E-state index contributed by atoms with van der Waals surface area (Å²) in [5, 5.41) is 2.96. The number of imidazole rings is 1. The van der Waals surface area contributed by atoms with Gasteiger partial charge in [0.15, 0.2) is 0 Å². The van der Waals surface area contributed by atoms with Gasteiger partial charge in [0, 0.05) is 32.5 Å². The Morgan fingerprint density at radius 2 is 2.24 bits per heavy atom. The van der Waals surface area contributed by atoms with Crippen molar-refractivity contribution in [2.24, 2.45) is 7.05 Å². The van der Waals surface area contributed by atoms with Gasteiger partial charge in [-0.15, -0.1) is 0 Å². The lowest BCUT2D eigenvalue weighted by Crippen LogP contribution is -2.39. The van der Waals surface area contributed by atoms with Gasteiger partial charge in [-0.05, 0) is 18.9 Å². The smallest absolute Gasteiger partial charge is 0.289 e. The van der Waals surface area contributed by atoms with E-state index in [1.165, 1.54) is 0 Å². The first-order chi connectivity index (χ1) is 10.2. The normalized spacial score (nSPS) is 15.9. The van der Waals surface area contributed by atoms with E-state index in [9.17, 15) is 4.79 Å². The molecule has 1 fully saturated rings. The fourth-order valence-corrected chi connectivity index (χ4v) is 2.31. The van der Waals surface area contributed by atoms with Crippen molar-refractivity contribution in [1.82, 2.24) is 24.8 Å². The van der Waals surface area contributed by atoms with Gasteiger partial charge in [-0.1, -0.05) is 0 Å². The lowest BCUT2D eigenvalue weighted by molar-refractivity contribution is 0.0691. The molecule has 0 unspecified atom stereocenters. The van der Waals surface area contributed by atoms with Crippen molar-refractivity contribution in [3.8, 4) is 11.4 Å². The molecule has 110 valence electrons. The largest absolute Gasteiger partial charge is 0.381 e. The average Bonchev–Trinajstić information content (AvgIpc) is 2.94. The lowest BCUT2D eigenvalue weighted by Gasteiger charge is -2.22. The van der Waals surface area contributed by atoms with Crippen LogP contribution in [0.15, 0.2) is 24.8 Å². The predicted molar refractivity (Wildman–Crippen MR) is 75.5 cm³/mol. The Labute approximate surface area is 122 Å². The van der Waals surface area contributed by atoms with Crippen molar-refractivity contribution < 1.29 is 9.53 Å². The molecule has 0 saturated carbocycles. The van der Waals surface area contributed by atoms with Gasteiger partial charge < -0.3 is 14.6 Å². The summed E-state index contributed by atoms with van der Waals surface area (Å²) in [5.74, 6) is -0.0638. The van der Waals surface area contributed by atoms with Crippen LogP contribution in [0.2, 0.25) is 0 Å². The van der Waals surface area contributed by atoms with Crippen LogP contribution < -0.4 is 5.32 Å².